The number of hydrogen-bond acceptors (Lipinski definition) is 2. The number of ether oxygens (including phenoxy) is 1. The molecule has 2 nitrogen and oxygen atoms in total. The minimum Gasteiger partial charge on any atom is -0.381 e. The van der Waals surface area contributed by atoms with Crippen molar-refractivity contribution in [3.8, 4) is 0 Å². The van der Waals surface area contributed by atoms with E-state index in [1.807, 2.05) is 7.11 Å². The number of hydrogen-bond donors (Lipinski definition) is 1. The molecule has 0 aromatic heterocycles. The topological polar surface area (TPSA) is 21.3 Å². The molecule has 2 rings (SSSR count). The van der Waals surface area contributed by atoms with Crippen molar-refractivity contribution in [1.29, 1.82) is 0 Å². The Morgan fingerprint density at radius 3 is 2.72 bits per heavy atom. The molecule has 1 fully saturated rings. The van der Waals surface area contributed by atoms with E-state index in [4.69, 9.17) is 4.74 Å². The zero-order valence-electron chi connectivity index (χ0n) is 11.6. The van der Waals surface area contributed by atoms with Gasteiger partial charge in [-0.15, -0.1) is 0 Å². The van der Waals surface area contributed by atoms with Crippen LogP contribution < -0.4 is 5.32 Å². The summed E-state index contributed by atoms with van der Waals surface area (Å²) in [7, 11) is 1.83. The van der Waals surface area contributed by atoms with Gasteiger partial charge < -0.3 is 10.1 Å². The summed E-state index contributed by atoms with van der Waals surface area (Å²) in [4.78, 5) is 0. The highest BCUT2D eigenvalue weighted by molar-refractivity contribution is 5.18. The maximum Gasteiger partial charge on any atom is 0.0586 e. The molecule has 1 aliphatic carbocycles. The molecule has 18 heavy (non-hydrogen) atoms. The number of rotatable bonds is 5. The fourth-order valence-electron chi connectivity index (χ4n) is 2.93. The van der Waals surface area contributed by atoms with Crippen LogP contribution in [0, 0.1) is 0 Å². The molecular formula is C16H25NO. The van der Waals surface area contributed by atoms with E-state index >= 15 is 0 Å². The number of nitrogens with one attached hydrogen (secondary N) is 1. The van der Waals surface area contributed by atoms with Crippen LogP contribution in [0.3, 0.4) is 0 Å². The van der Waals surface area contributed by atoms with Crippen molar-refractivity contribution < 1.29 is 4.74 Å². The Labute approximate surface area is 111 Å². The second kappa shape index (κ2) is 6.91. The molecule has 0 amide bonds. The quantitative estimate of drug-likeness (QED) is 0.857. The molecule has 1 aromatic carbocycles. The maximum absolute atomic E-state index is 5.50. The summed E-state index contributed by atoms with van der Waals surface area (Å²) < 4.78 is 5.50. The molecule has 0 saturated heterocycles. The Morgan fingerprint density at radius 2 is 2.06 bits per heavy atom. The van der Waals surface area contributed by atoms with Gasteiger partial charge in [0.25, 0.3) is 0 Å². The van der Waals surface area contributed by atoms with Gasteiger partial charge in [0, 0.05) is 19.2 Å². The molecule has 1 aliphatic rings. The van der Waals surface area contributed by atoms with E-state index in [-0.39, 0.29) is 0 Å². The van der Waals surface area contributed by atoms with Gasteiger partial charge in [-0.1, -0.05) is 37.3 Å². The van der Waals surface area contributed by atoms with Crippen LogP contribution in [0.2, 0.25) is 0 Å². The largest absolute Gasteiger partial charge is 0.381 e. The smallest absolute Gasteiger partial charge is 0.0586 e. The first-order chi connectivity index (χ1) is 8.83. The van der Waals surface area contributed by atoms with Gasteiger partial charge in [-0.3, -0.25) is 0 Å². The molecule has 0 aliphatic heterocycles. The summed E-state index contributed by atoms with van der Waals surface area (Å²) in [6.07, 6.45) is 6.52. The van der Waals surface area contributed by atoms with E-state index in [1.165, 1.54) is 24.8 Å². The van der Waals surface area contributed by atoms with Crippen molar-refractivity contribution in [2.75, 3.05) is 7.11 Å². The van der Waals surface area contributed by atoms with E-state index in [9.17, 15) is 0 Å². The van der Waals surface area contributed by atoms with E-state index in [0.717, 1.165) is 12.8 Å². The summed E-state index contributed by atoms with van der Waals surface area (Å²) in [5.74, 6) is 0. The van der Waals surface area contributed by atoms with Gasteiger partial charge in [0.1, 0.15) is 0 Å². The first-order valence-electron chi connectivity index (χ1n) is 7.17. The van der Waals surface area contributed by atoms with Gasteiger partial charge in [-0.25, -0.2) is 0 Å². The summed E-state index contributed by atoms with van der Waals surface area (Å²) >= 11 is 0. The molecule has 1 aromatic rings. The van der Waals surface area contributed by atoms with E-state index in [1.54, 1.807) is 0 Å². The van der Waals surface area contributed by atoms with Crippen LogP contribution >= 0.6 is 0 Å². The zero-order chi connectivity index (χ0) is 12.8. The average molecular weight is 247 g/mol. The van der Waals surface area contributed by atoms with E-state index in [0.29, 0.717) is 18.2 Å². The van der Waals surface area contributed by atoms with Gasteiger partial charge >= 0.3 is 0 Å². The van der Waals surface area contributed by atoms with Gasteiger partial charge in [-0.05, 0) is 37.7 Å². The summed E-state index contributed by atoms with van der Waals surface area (Å²) in [5.41, 5.74) is 1.40. The summed E-state index contributed by atoms with van der Waals surface area (Å²) in [5, 5.41) is 3.81. The van der Waals surface area contributed by atoms with Crippen molar-refractivity contribution in [3.05, 3.63) is 35.9 Å². The van der Waals surface area contributed by atoms with Crippen LogP contribution in [0.4, 0.5) is 0 Å². The van der Waals surface area contributed by atoms with Gasteiger partial charge in [0.05, 0.1) is 6.10 Å². The molecule has 0 radical (unpaired) electrons. The molecule has 100 valence electrons. The van der Waals surface area contributed by atoms with Crippen LogP contribution in [-0.4, -0.2) is 19.3 Å². The third kappa shape index (κ3) is 3.56. The lowest BCUT2D eigenvalue weighted by molar-refractivity contribution is 0.0567. The van der Waals surface area contributed by atoms with Gasteiger partial charge in [-0.2, -0.15) is 0 Å². The van der Waals surface area contributed by atoms with Gasteiger partial charge in [0.15, 0.2) is 0 Å². The highest BCUT2D eigenvalue weighted by Crippen LogP contribution is 2.24. The predicted octanol–water partition coefficient (Wildman–Crippen LogP) is 3.68. The van der Waals surface area contributed by atoms with Crippen LogP contribution in [0.1, 0.15) is 50.6 Å². The van der Waals surface area contributed by atoms with Crippen molar-refractivity contribution in [3.63, 3.8) is 0 Å². The van der Waals surface area contributed by atoms with Crippen molar-refractivity contribution >= 4 is 0 Å². The third-order valence-electron chi connectivity index (χ3n) is 4.01. The lowest BCUT2D eigenvalue weighted by atomic mass is 9.91. The highest BCUT2D eigenvalue weighted by atomic mass is 16.5. The molecule has 1 N–H and O–H groups in total. The zero-order valence-corrected chi connectivity index (χ0v) is 11.6. The van der Waals surface area contributed by atoms with E-state index < -0.39 is 0 Å². The van der Waals surface area contributed by atoms with Crippen LogP contribution in [0.5, 0.6) is 0 Å². The highest BCUT2D eigenvalue weighted by Gasteiger charge is 2.23. The minimum atomic E-state index is 0.449. The lowest BCUT2D eigenvalue weighted by Gasteiger charge is -2.32. The Morgan fingerprint density at radius 1 is 1.28 bits per heavy atom. The molecule has 0 heterocycles. The molecular weight excluding hydrogens is 222 g/mol. The van der Waals surface area contributed by atoms with Gasteiger partial charge in [0.2, 0.25) is 0 Å². The Bertz CT molecular complexity index is 338. The normalized spacial score (nSPS) is 25.9. The molecule has 1 saturated carbocycles. The first kappa shape index (κ1) is 13.6. The summed E-state index contributed by atoms with van der Waals surface area (Å²) in [6, 6.07) is 11.9. The fraction of sp³-hybridized carbons (Fsp3) is 0.625. The molecule has 3 atom stereocenters. The Hall–Kier alpha value is -0.860. The first-order valence-corrected chi connectivity index (χ1v) is 7.17. The maximum atomic E-state index is 5.50. The average Bonchev–Trinajstić information content (AvgIpc) is 2.46. The summed E-state index contributed by atoms with van der Waals surface area (Å²) in [6.45, 7) is 2.25. The third-order valence-corrected chi connectivity index (χ3v) is 4.01. The monoisotopic (exact) mass is 247 g/mol. The number of benzene rings is 1. The SMILES string of the molecule is CCC(NC1CCCC(OC)C1)c1ccccc1. The molecule has 2 heteroatoms. The fourth-order valence-corrected chi connectivity index (χ4v) is 2.93. The van der Waals surface area contributed by atoms with Crippen molar-refractivity contribution in [1.82, 2.24) is 5.32 Å². The van der Waals surface area contributed by atoms with Crippen LogP contribution in [0.25, 0.3) is 0 Å². The predicted molar refractivity (Wildman–Crippen MR) is 75.7 cm³/mol. The Kier molecular flexibility index (Phi) is 5.21. The van der Waals surface area contributed by atoms with Crippen molar-refractivity contribution in [2.45, 2.75) is 57.2 Å². The molecule has 0 spiro atoms. The molecule has 3 unspecified atom stereocenters. The second-order valence-corrected chi connectivity index (χ2v) is 5.26. The molecule has 0 bridgehead atoms. The number of methoxy groups -OCH3 is 1. The lowest BCUT2D eigenvalue weighted by Crippen LogP contribution is -2.38. The van der Waals surface area contributed by atoms with Crippen LogP contribution in [-0.2, 0) is 4.74 Å². The second-order valence-electron chi connectivity index (χ2n) is 5.26. The van der Waals surface area contributed by atoms with Crippen LogP contribution in [0.15, 0.2) is 30.3 Å². The minimum absolute atomic E-state index is 0.449. The standard InChI is InChI=1S/C16H25NO/c1-3-16(13-8-5-4-6-9-13)17-14-10-7-11-15(12-14)18-2/h4-6,8-9,14-17H,3,7,10-12H2,1-2H3. The Balaban J connectivity index is 1.94. The van der Waals surface area contributed by atoms with Crippen molar-refractivity contribution in [2.24, 2.45) is 0 Å². The van der Waals surface area contributed by atoms with E-state index in [2.05, 4.69) is 42.6 Å².